The first kappa shape index (κ1) is 24.2. The lowest BCUT2D eigenvalue weighted by atomic mass is 10.1. The Hall–Kier alpha value is -2.11. The maximum atomic E-state index is 13.2. The molecule has 0 aliphatic heterocycles. The van der Waals surface area contributed by atoms with Crippen LogP contribution in [0.5, 0.6) is 0 Å². The molecule has 1 N–H and O–H groups in total. The molecular weight excluding hydrogens is 426 g/mol. The third kappa shape index (κ3) is 6.99. The molecule has 0 aromatic heterocycles. The van der Waals surface area contributed by atoms with Crippen molar-refractivity contribution < 1.29 is 14.0 Å². The van der Waals surface area contributed by atoms with Crippen molar-refractivity contribution in [3.05, 3.63) is 69.5 Å². The van der Waals surface area contributed by atoms with Crippen molar-refractivity contribution in [2.24, 2.45) is 5.92 Å². The second kappa shape index (κ2) is 11.3. The lowest BCUT2D eigenvalue weighted by Crippen LogP contribution is -2.50. The second-order valence-electron chi connectivity index (χ2n) is 7.62. The summed E-state index contributed by atoms with van der Waals surface area (Å²) < 4.78 is 13.2. The van der Waals surface area contributed by atoms with Crippen molar-refractivity contribution in [3.63, 3.8) is 0 Å². The highest BCUT2D eigenvalue weighted by Gasteiger charge is 2.29. The number of halogens is 3. The predicted molar refractivity (Wildman–Crippen MR) is 119 cm³/mol. The summed E-state index contributed by atoms with van der Waals surface area (Å²) in [6, 6.07) is 10.2. The smallest absolute Gasteiger partial charge is 0.242 e. The second-order valence-corrected chi connectivity index (χ2v) is 8.47. The summed E-state index contributed by atoms with van der Waals surface area (Å²) >= 11 is 12.3. The van der Waals surface area contributed by atoms with Crippen LogP contribution in [0.25, 0.3) is 0 Å². The van der Waals surface area contributed by atoms with Crippen LogP contribution in [0.1, 0.15) is 38.3 Å². The Morgan fingerprint density at radius 1 is 1.10 bits per heavy atom. The Bertz CT molecular complexity index is 872. The average Bonchev–Trinajstić information content (AvgIpc) is 2.69. The molecule has 0 spiro atoms. The van der Waals surface area contributed by atoms with Crippen molar-refractivity contribution in [1.29, 1.82) is 0 Å². The van der Waals surface area contributed by atoms with E-state index in [9.17, 15) is 14.0 Å². The Morgan fingerprint density at radius 2 is 1.77 bits per heavy atom. The molecule has 0 fully saturated rings. The molecule has 0 saturated heterocycles. The Labute approximate surface area is 187 Å². The van der Waals surface area contributed by atoms with Crippen LogP contribution < -0.4 is 5.32 Å². The minimum absolute atomic E-state index is 0.0550. The Kier molecular flexibility index (Phi) is 9.12. The standard InChI is InChI=1S/C23H27Cl2FN2O2/c1-4-21(23(30)27-13-15(2)3)28(14-17-7-8-18(24)12-20(17)25)22(29)11-16-5-9-19(26)10-6-16/h5-10,12,15,21H,4,11,13-14H2,1-3H3,(H,27,30)/t21-/m1/s1. The van der Waals surface area contributed by atoms with E-state index in [1.54, 1.807) is 30.3 Å². The van der Waals surface area contributed by atoms with Gasteiger partial charge in [-0.1, -0.05) is 62.2 Å². The minimum Gasteiger partial charge on any atom is -0.354 e. The molecule has 0 saturated carbocycles. The summed E-state index contributed by atoms with van der Waals surface area (Å²) in [6.45, 7) is 6.57. The number of nitrogens with zero attached hydrogens (tertiary/aromatic N) is 1. The highest BCUT2D eigenvalue weighted by Crippen LogP contribution is 2.24. The van der Waals surface area contributed by atoms with Gasteiger partial charge >= 0.3 is 0 Å². The van der Waals surface area contributed by atoms with E-state index in [-0.39, 0.29) is 30.6 Å². The van der Waals surface area contributed by atoms with Crippen LogP contribution >= 0.6 is 23.2 Å². The van der Waals surface area contributed by atoms with Crippen LogP contribution in [0.3, 0.4) is 0 Å². The lowest BCUT2D eigenvalue weighted by molar-refractivity contribution is -0.141. The van der Waals surface area contributed by atoms with Gasteiger partial charge in [0.25, 0.3) is 0 Å². The highest BCUT2D eigenvalue weighted by molar-refractivity contribution is 6.35. The molecule has 4 nitrogen and oxygen atoms in total. The molecular formula is C23H27Cl2FN2O2. The first-order chi connectivity index (χ1) is 14.2. The number of carbonyl (C=O) groups excluding carboxylic acids is 2. The van der Waals surface area contributed by atoms with Gasteiger partial charge in [-0.25, -0.2) is 4.39 Å². The van der Waals surface area contributed by atoms with Gasteiger partial charge in [0.15, 0.2) is 0 Å². The van der Waals surface area contributed by atoms with E-state index >= 15 is 0 Å². The summed E-state index contributed by atoms with van der Waals surface area (Å²) in [6.07, 6.45) is 0.504. The molecule has 0 aliphatic carbocycles. The molecule has 2 aromatic rings. The Balaban J connectivity index is 2.30. The first-order valence-corrected chi connectivity index (χ1v) is 10.7. The van der Waals surface area contributed by atoms with Gasteiger partial charge < -0.3 is 10.2 Å². The molecule has 0 aliphatic rings. The number of carbonyl (C=O) groups is 2. The summed E-state index contributed by atoms with van der Waals surface area (Å²) in [5, 5.41) is 3.84. The largest absolute Gasteiger partial charge is 0.354 e. The number of hydrogen-bond acceptors (Lipinski definition) is 2. The zero-order valence-electron chi connectivity index (χ0n) is 17.4. The minimum atomic E-state index is -0.650. The number of amides is 2. The summed E-state index contributed by atoms with van der Waals surface area (Å²) in [5.41, 5.74) is 1.37. The molecule has 30 heavy (non-hydrogen) atoms. The van der Waals surface area contributed by atoms with Gasteiger partial charge in [0.2, 0.25) is 11.8 Å². The quantitative estimate of drug-likeness (QED) is 0.564. The first-order valence-electron chi connectivity index (χ1n) is 9.96. The van der Waals surface area contributed by atoms with Crippen molar-refractivity contribution in [3.8, 4) is 0 Å². The van der Waals surface area contributed by atoms with Crippen molar-refractivity contribution in [1.82, 2.24) is 10.2 Å². The van der Waals surface area contributed by atoms with E-state index < -0.39 is 6.04 Å². The summed E-state index contributed by atoms with van der Waals surface area (Å²) in [4.78, 5) is 27.6. The number of benzene rings is 2. The molecule has 2 aromatic carbocycles. The van der Waals surface area contributed by atoms with E-state index in [0.717, 1.165) is 0 Å². The molecule has 7 heteroatoms. The van der Waals surface area contributed by atoms with Gasteiger partial charge in [0, 0.05) is 23.1 Å². The monoisotopic (exact) mass is 452 g/mol. The fraction of sp³-hybridized carbons (Fsp3) is 0.391. The molecule has 2 rings (SSSR count). The molecule has 162 valence electrons. The Morgan fingerprint density at radius 3 is 2.33 bits per heavy atom. The zero-order valence-corrected chi connectivity index (χ0v) is 18.9. The average molecular weight is 453 g/mol. The summed E-state index contributed by atoms with van der Waals surface area (Å²) in [7, 11) is 0. The van der Waals surface area contributed by atoms with Crippen LogP contribution in [0.2, 0.25) is 10.0 Å². The molecule has 2 amide bonds. The fourth-order valence-corrected chi connectivity index (χ4v) is 3.52. The van der Waals surface area contributed by atoms with Gasteiger partial charge in [-0.3, -0.25) is 9.59 Å². The van der Waals surface area contributed by atoms with Crippen LogP contribution in [0.4, 0.5) is 4.39 Å². The lowest BCUT2D eigenvalue weighted by Gasteiger charge is -2.31. The molecule has 0 radical (unpaired) electrons. The third-order valence-corrected chi connectivity index (χ3v) is 5.28. The SMILES string of the molecule is CC[C@H](C(=O)NCC(C)C)N(Cc1ccc(Cl)cc1Cl)C(=O)Cc1ccc(F)cc1. The summed E-state index contributed by atoms with van der Waals surface area (Å²) in [5.74, 6) is -0.515. The van der Waals surface area contributed by atoms with Crippen LogP contribution in [0, 0.1) is 11.7 Å². The van der Waals surface area contributed by atoms with Crippen LogP contribution in [0.15, 0.2) is 42.5 Å². The van der Waals surface area contributed by atoms with E-state index in [1.165, 1.54) is 17.0 Å². The van der Waals surface area contributed by atoms with Gasteiger partial charge in [-0.05, 0) is 47.7 Å². The zero-order chi connectivity index (χ0) is 22.3. The number of rotatable bonds is 9. The van der Waals surface area contributed by atoms with E-state index in [0.29, 0.717) is 40.1 Å². The van der Waals surface area contributed by atoms with E-state index in [2.05, 4.69) is 5.32 Å². The van der Waals surface area contributed by atoms with E-state index in [4.69, 9.17) is 23.2 Å². The van der Waals surface area contributed by atoms with Gasteiger partial charge in [-0.2, -0.15) is 0 Å². The predicted octanol–water partition coefficient (Wildman–Crippen LogP) is 5.25. The van der Waals surface area contributed by atoms with Crippen LogP contribution in [-0.2, 0) is 22.6 Å². The van der Waals surface area contributed by atoms with Gasteiger partial charge in [0.05, 0.1) is 6.42 Å². The van der Waals surface area contributed by atoms with Gasteiger partial charge in [-0.15, -0.1) is 0 Å². The highest BCUT2D eigenvalue weighted by atomic mass is 35.5. The molecule has 1 atom stereocenters. The maximum Gasteiger partial charge on any atom is 0.242 e. The molecule has 0 bridgehead atoms. The topological polar surface area (TPSA) is 49.4 Å². The fourth-order valence-electron chi connectivity index (χ4n) is 3.05. The number of nitrogens with one attached hydrogen (secondary N) is 1. The maximum absolute atomic E-state index is 13.2. The van der Waals surface area contributed by atoms with E-state index in [1.807, 2.05) is 20.8 Å². The van der Waals surface area contributed by atoms with Crippen molar-refractivity contribution in [2.75, 3.05) is 6.54 Å². The third-order valence-electron chi connectivity index (χ3n) is 4.69. The normalized spacial score (nSPS) is 12.0. The molecule has 0 heterocycles. The van der Waals surface area contributed by atoms with Crippen molar-refractivity contribution >= 4 is 35.0 Å². The van der Waals surface area contributed by atoms with Crippen LogP contribution in [-0.4, -0.2) is 29.3 Å². The van der Waals surface area contributed by atoms with Gasteiger partial charge in [0.1, 0.15) is 11.9 Å². The van der Waals surface area contributed by atoms with Crippen molar-refractivity contribution in [2.45, 2.75) is 46.2 Å². The molecule has 0 unspecified atom stereocenters. The number of hydrogen-bond donors (Lipinski definition) is 1.